The maximum Gasteiger partial charge on any atom is 0.148 e. The van der Waals surface area contributed by atoms with Gasteiger partial charge in [-0.15, -0.1) is 0 Å². The van der Waals surface area contributed by atoms with Crippen LogP contribution in [-0.2, 0) is 0 Å². The molecule has 1 aliphatic rings. The molecule has 90 valence electrons. The summed E-state index contributed by atoms with van der Waals surface area (Å²) in [5, 5.41) is 0. The maximum absolute atomic E-state index is 4.60. The van der Waals surface area contributed by atoms with Crippen molar-refractivity contribution in [2.75, 3.05) is 11.9 Å². The summed E-state index contributed by atoms with van der Waals surface area (Å²) >= 11 is 3.48. The first-order chi connectivity index (χ1) is 8.75. The smallest absolute Gasteiger partial charge is 0.148 e. The maximum atomic E-state index is 4.60. The molecular formula is C14H12BrN3. The van der Waals surface area contributed by atoms with Crippen LogP contribution < -0.4 is 4.90 Å². The summed E-state index contributed by atoms with van der Waals surface area (Å²) in [6.07, 6.45) is 5.58. The quantitative estimate of drug-likeness (QED) is 0.807. The van der Waals surface area contributed by atoms with Crippen LogP contribution in [0.1, 0.15) is 17.3 Å². The van der Waals surface area contributed by atoms with Crippen molar-refractivity contribution in [3.05, 3.63) is 58.3 Å². The number of halogens is 1. The van der Waals surface area contributed by atoms with E-state index in [1.54, 1.807) is 6.20 Å². The molecule has 0 radical (unpaired) electrons. The van der Waals surface area contributed by atoms with E-state index in [9.17, 15) is 0 Å². The fourth-order valence-electron chi connectivity index (χ4n) is 2.17. The molecule has 2 aromatic rings. The van der Waals surface area contributed by atoms with Gasteiger partial charge in [0.2, 0.25) is 0 Å². The number of aromatic nitrogens is 1. The Morgan fingerprint density at radius 3 is 2.94 bits per heavy atom. The van der Waals surface area contributed by atoms with Gasteiger partial charge in [0.1, 0.15) is 6.17 Å². The first-order valence-corrected chi connectivity index (χ1v) is 6.50. The SMILES string of the molecule is CN1c2ccc(Br)cc2C=NC1c1cccnc1. The summed E-state index contributed by atoms with van der Waals surface area (Å²) in [6.45, 7) is 0. The second kappa shape index (κ2) is 4.53. The fraction of sp³-hybridized carbons (Fsp3) is 0.143. The largest absolute Gasteiger partial charge is 0.349 e. The molecular weight excluding hydrogens is 290 g/mol. The molecule has 3 rings (SSSR count). The van der Waals surface area contributed by atoms with E-state index in [2.05, 4.69) is 62.1 Å². The minimum absolute atomic E-state index is 0.00683. The van der Waals surface area contributed by atoms with Crippen molar-refractivity contribution in [3.8, 4) is 0 Å². The lowest BCUT2D eigenvalue weighted by Crippen LogP contribution is -2.26. The van der Waals surface area contributed by atoms with Crippen LogP contribution in [0.5, 0.6) is 0 Å². The molecule has 4 heteroatoms. The standard InChI is InChI=1S/C14H12BrN3/c1-18-13-5-4-12(15)7-11(13)9-17-14(18)10-3-2-6-16-8-10/h2-9,14H,1H3. The Morgan fingerprint density at radius 2 is 2.17 bits per heavy atom. The van der Waals surface area contributed by atoms with Crippen LogP contribution in [0.2, 0.25) is 0 Å². The van der Waals surface area contributed by atoms with Crippen molar-refractivity contribution >= 4 is 27.8 Å². The Hall–Kier alpha value is -1.68. The topological polar surface area (TPSA) is 28.5 Å². The Bertz CT molecular complexity index is 595. The summed E-state index contributed by atoms with van der Waals surface area (Å²) < 4.78 is 1.07. The van der Waals surface area contributed by atoms with E-state index in [4.69, 9.17) is 0 Å². The number of hydrogen-bond acceptors (Lipinski definition) is 3. The molecule has 0 saturated carbocycles. The zero-order valence-corrected chi connectivity index (χ0v) is 11.5. The molecule has 0 aliphatic carbocycles. The normalized spacial score (nSPS) is 17.7. The fourth-order valence-corrected chi connectivity index (χ4v) is 2.55. The number of pyridine rings is 1. The van der Waals surface area contributed by atoms with E-state index in [1.165, 1.54) is 5.69 Å². The van der Waals surface area contributed by atoms with Crippen LogP contribution in [0.3, 0.4) is 0 Å². The van der Waals surface area contributed by atoms with Crippen molar-refractivity contribution in [2.24, 2.45) is 4.99 Å². The molecule has 0 amide bonds. The van der Waals surface area contributed by atoms with Gasteiger partial charge in [-0.25, -0.2) is 0 Å². The third-order valence-corrected chi connectivity index (χ3v) is 3.57. The molecule has 18 heavy (non-hydrogen) atoms. The number of aliphatic imine (C=N–C) groups is 1. The van der Waals surface area contributed by atoms with Crippen LogP contribution in [0.25, 0.3) is 0 Å². The zero-order chi connectivity index (χ0) is 12.5. The van der Waals surface area contributed by atoms with Gasteiger partial charge in [-0.1, -0.05) is 22.0 Å². The lowest BCUT2D eigenvalue weighted by molar-refractivity contribution is 0.699. The summed E-state index contributed by atoms with van der Waals surface area (Å²) in [7, 11) is 2.06. The Labute approximate surface area is 114 Å². The highest BCUT2D eigenvalue weighted by molar-refractivity contribution is 9.10. The molecule has 2 heterocycles. The van der Waals surface area contributed by atoms with Gasteiger partial charge in [0.15, 0.2) is 0 Å². The number of fused-ring (bicyclic) bond motifs is 1. The third kappa shape index (κ3) is 1.93. The average Bonchev–Trinajstić information content (AvgIpc) is 2.40. The van der Waals surface area contributed by atoms with Crippen molar-refractivity contribution in [1.82, 2.24) is 4.98 Å². The van der Waals surface area contributed by atoms with Gasteiger partial charge in [-0.2, -0.15) is 0 Å². The summed E-state index contributed by atoms with van der Waals surface area (Å²) in [5.41, 5.74) is 3.42. The molecule has 0 N–H and O–H groups in total. The molecule has 0 spiro atoms. The summed E-state index contributed by atoms with van der Waals surface area (Å²) in [6, 6.07) is 10.2. The molecule has 0 bridgehead atoms. The highest BCUT2D eigenvalue weighted by Gasteiger charge is 2.21. The van der Waals surface area contributed by atoms with E-state index < -0.39 is 0 Å². The number of benzene rings is 1. The first-order valence-electron chi connectivity index (χ1n) is 5.71. The highest BCUT2D eigenvalue weighted by atomic mass is 79.9. The average molecular weight is 302 g/mol. The number of rotatable bonds is 1. The Kier molecular flexibility index (Phi) is 2.88. The van der Waals surface area contributed by atoms with Crippen LogP contribution in [0.4, 0.5) is 5.69 Å². The minimum atomic E-state index is 0.00683. The van der Waals surface area contributed by atoms with Gasteiger partial charge in [-0.05, 0) is 24.3 Å². The second-order valence-electron chi connectivity index (χ2n) is 4.25. The number of hydrogen-bond donors (Lipinski definition) is 0. The third-order valence-electron chi connectivity index (χ3n) is 3.07. The number of nitrogens with zero attached hydrogens (tertiary/aromatic N) is 3. The van der Waals surface area contributed by atoms with Gasteiger partial charge < -0.3 is 4.90 Å². The molecule has 0 saturated heterocycles. The van der Waals surface area contributed by atoms with E-state index in [-0.39, 0.29) is 6.17 Å². The number of anilines is 1. The molecule has 1 aliphatic heterocycles. The van der Waals surface area contributed by atoms with Crippen molar-refractivity contribution < 1.29 is 0 Å². The van der Waals surface area contributed by atoms with Crippen molar-refractivity contribution in [3.63, 3.8) is 0 Å². The summed E-state index contributed by atoms with van der Waals surface area (Å²) in [4.78, 5) is 10.9. The van der Waals surface area contributed by atoms with Gasteiger partial charge in [0.25, 0.3) is 0 Å². The molecule has 0 fully saturated rings. The monoisotopic (exact) mass is 301 g/mol. The minimum Gasteiger partial charge on any atom is -0.349 e. The first kappa shape index (κ1) is 11.4. The Morgan fingerprint density at radius 1 is 1.28 bits per heavy atom. The molecule has 1 atom stereocenters. The lowest BCUT2D eigenvalue weighted by atomic mass is 10.1. The predicted molar refractivity (Wildman–Crippen MR) is 77.1 cm³/mol. The summed E-state index contributed by atoms with van der Waals surface area (Å²) in [5.74, 6) is 0. The van der Waals surface area contributed by atoms with E-state index in [1.807, 2.05) is 18.5 Å². The van der Waals surface area contributed by atoms with Crippen molar-refractivity contribution in [2.45, 2.75) is 6.17 Å². The zero-order valence-electron chi connectivity index (χ0n) is 9.92. The van der Waals surface area contributed by atoms with Gasteiger partial charge in [0, 0.05) is 46.9 Å². The molecule has 1 unspecified atom stereocenters. The lowest BCUT2D eigenvalue weighted by Gasteiger charge is -2.31. The van der Waals surface area contributed by atoms with E-state index in [0.717, 1.165) is 15.6 Å². The van der Waals surface area contributed by atoms with Crippen LogP contribution in [0, 0.1) is 0 Å². The second-order valence-corrected chi connectivity index (χ2v) is 5.17. The highest BCUT2D eigenvalue weighted by Crippen LogP contribution is 2.33. The molecule has 1 aromatic carbocycles. The van der Waals surface area contributed by atoms with E-state index >= 15 is 0 Å². The van der Waals surface area contributed by atoms with Gasteiger partial charge >= 0.3 is 0 Å². The molecule has 3 nitrogen and oxygen atoms in total. The van der Waals surface area contributed by atoms with Crippen LogP contribution in [-0.4, -0.2) is 18.2 Å². The van der Waals surface area contributed by atoms with Crippen LogP contribution >= 0.6 is 15.9 Å². The van der Waals surface area contributed by atoms with Crippen molar-refractivity contribution in [1.29, 1.82) is 0 Å². The van der Waals surface area contributed by atoms with E-state index in [0.29, 0.717) is 0 Å². The van der Waals surface area contributed by atoms with Crippen LogP contribution in [0.15, 0.2) is 52.2 Å². The van der Waals surface area contributed by atoms with Gasteiger partial charge in [0.05, 0.1) is 0 Å². The van der Waals surface area contributed by atoms with Gasteiger partial charge in [-0.3, -0.25) is 9.98 Å². The Balaban J connectivity index is 2.03. The predicted octanol–water partition coefficient (Wildman–Crippen LogP) is 3.41. The molecule has 1 aromatic heterocycles.